The fourth-order valence-electron chi connectivity index (χ4n) is 1.94. The van der Waals surface area contributed by atoms with Crippen molar-refractivity contribution in [2.75, 3.05) is 46.2 Å². The molecule has 2 rings (SSSR count). The Morgan fingerprint density at radius 2 is 2.00 bits per heavy atom. The van der Waals surface area contributed by atoms with E-state index in [0.717, 1.165) is 26.8 Å². The minimum absolute atomic E-state index is 0.340. The molecule has 0 amide bonds. The maximum absolute atomic E-state index is 10.6. The standard InChI is InChI=1S/C13H19BrClN2O2.H3O4P/c1-17(2,3)4-5-19-13(18)8-16-12-7-11(15)10(14)6-9(12)13;1-5(2,3)4/h6-7,16,18H,4-5,8H2,1-3H3;(H3,1,2,3,4)/q+1;/p-1. The lowest BCUT2D eigenvalue weighted by molar-refractivity contribution is -0.871. The van der Waals surface area contributed by atoms with Crippen molar-refractivity contribution in [3.63, 3.8) is 0 Å². The first-order chi connectivity index (χ1) is 10.7. The number of rotatable bonds is 4. The first-order valence-corrected chi connectivity index (χ1v) is 9.58. The van der Waals surface area contributed by atoms with E-state index in [0.29, 0.717) is 18.2 Å². The number of benzene rings is 1. The quantitative estimate of drug-likeness (QED) is 0.306. The molecule has 24 heavy (non-hydrogen) atoms. The zero-order valence-corrected chi connectivity index (χ0v) is 16.7. The predicted molar refractivity (Wildman–Crippen MR) is 92.4 cm³/mol. The number of β-amino-alcohol motifs (C(OH)–C–C–N with tert-alkyl or cyclic N) is 1. The van der Waals surface area contributed by atoms with Gasteiger partial charge in [0.15, 0.2) is 0 Å². The molecular weight excluding hydrogens is 426 g/mol. The molecular formula is C13H21BrClN2O6P. The van der Waals surface area contributed by atoms with Crippen LogP contribution in [0.5, 0.6) is 0 Å². The molecule has 1 aromatic carbocycles. The molecule has 0 saturated carbocycles. The van der Waals surface area contributed by atoms with E-state index in [1.54, 1.807) is 6.07 Å². The Morgan fingerprint density at radius 3 is 2.50 bits per heavy atom. The van der Waals surface area contributed by atoms with Gasteiger partial charge in [-0.2, -0.15) is 0 Å². The van der Waals surface area contributed by atoms with Crippen LogP contribution in [-0.4, -0.2) is 60.2 Å². The zero-order chi connectivity index (χ0) is 18.8. The Balaban J connectivity index is 0.000000505. The van der Waals surface area contributed by atoms with Crippen molar-refractivity contribution in [3.8, 4) is 0 Å². The highest BCUT2D eigenvalue weighted by Gasteiger charge is 2.39. The molecule has 0 bridgehead atoms. The second-order valence-corrected chi connectivity index (χ2v) is 8.55. The Morgan fingerprint density at radius 1 is 1.46 bits per heavy atom. The van der Waals surface area contributed by atoms with Crippen LogP contribution in [0.15, 0.2) is 16.6 Å². The van der Waals surface area contributed by atoms with Gasteiger partial charge < -0.3 is 34.3 Å². The van der Waals surface area contributed by atoms with Crippen LogP contribution in [-0.2, 0) is 15.1 Å². The summed E-state index contributed by atoms with van der Waals surface area (Å²) in [6.07, 6.45) is 0. The molecule has 1 heterocycles. The molecule has 138 valence electrons. The third-order valence-electron chi connectivity index (χ3n) is 3.10. The Kier molecular flexibility index (Phi) is 7.26. The molecule has 0 spiro atoms. The van der Waals surface area contributed by atoms with E-state index in [4.69, 9.17) is 35.6 Å². The molecule has 4 N–H and O–H groups in total. The number of aliphatic hydroxyl groups is 1. The summed E-state index contributed by atoms with van der Waals surface area (Å²) in [5, 5.41) is 14.3. The smallest absolute Gasteiger partial charge is 0.262 e. The lowest BCUT2D eigenvalue weighted by atomic mass is 10.1. The summed E-state index contributed by atoms with van der Waals surface area (Å²) in [5.41, 5.74) is 1.55. The minimum atomic E-state index is -4.89. The number of ether oxygens (including phenoxy) is 1. The van der Waals surface area contributed by atoms with Gasteiger partial charge in [-0.1, -0.05) is 11.6 Å². The lowest BCUT2D eigenvalue weighted by Crippen LogP contribution is -2.41. The van der Waals surface area contributed by atoms with Gasteiger partial charge in [-0.15, -0.1) is 0 Å². The molecule has 1 aliphatic rings. The average molecular weight is 448 g/mol. The molecule has 1 aromatic rings. The number of nitrogens with zero attached hydrogens (tertiary/aromatic N) is 1. The van der Waals surface area contributed by atoms with Crippen molar-refractivity contribution in [2.45, 2.75) is 5.79 Å². The van der Waals surface area contributed by atoms with Gasteiger partial charge in [0.25, 0.3) is 7.82 Å². The molecule has 0 radical (unpaired) electrons. The third kappa shape index (κ3) is 7.35. The first kappa shape index (κ1) is 21.8. The van der Waals surface area contributed by atoms with Crippen LogP contribution in [0.3, 0.4) is 0 Å². The minimum Gasteiger partial charge on any atom is -0.756 e. The largest absolute Gasteiger partial charge is 0.756 e. The second kappa shape index (κ2) is 7.99. The number of hydrogen-bond acceptors (Lipinski definition) is 5. The highest BCUT2D eigenvalue weighted by Crippen LogP contribution is 2.40. The topological polar surface area (TPSA) is 122 Å². The van der Waals surface area contributed by atoms with Crippen LogP contribution in [0.4, 0.5) is 5.69 Å². The number of anilines is 1. The van der Waals surface area contributed by atoms with Gasteiger partial charge in [-0.25, -0.2) is 0 Å². The number of quaternary nitrogens is 1. The molecule has 1 aliphatic heterocycles. The van der Waals surface area contributed by atoms with E-state index in [9.17, 15) is 5.11 Å². The van der Waals surface area contributed by atoms with Crippen molar-refractivity contribution in [2.24, 2.45) is 0 Å². The normalized spacial score (nSPS) is 20.0. The number of hydrogen-bond donors (Lipinski definition) is 4. The Hall–Kier alpha value is -0.220. The summed E-state index contributed by atoms with van der Waals surface area (Å²) in [6.45, 7) is 1.65. The van der Waals surface area contributed by atoms with Gasteiger partial charge in [0.2, 0.25) is 5.79 Å². The predicted octanol–water partition coefficient (Wildman–Crippen LogP) is 0.835. The average Bonchev–Trinajstić information content (AvgIpc) is 2.64. The van der Waals surface area contributed by atoms with Gasteiger partial charge >= 0.3 is 0 Å². The van der Waals surface area contributed by atoms with Crippen LogP contribution in [0.1, 0.15) is 5.56 Å². The number of fused-ring (bicyclic) bond motifs is 1. The summed E-state index contributed by atoms with van der Waals surface area (Å²) in [6, 6.07) is 3.60. The Labute approximate surface area is 154 Å². The van der Waals surface area contributed by atoms with Crippen LogP contribution in [0.2, 0.25) is 5.02 Å². The molecule has 0 fully saturated rings. The fourth-order valence-corrected chi connectivity index (χ4v) is 2.45. The summed E-state index contributed by atoms with van der Waals surface area (Å²) in [5.74, 6) is -1.28. The summed E-state index contributed by atoms with van der Waals surface area (Å²) < 4.78 is 16.0. The molecule has 11 heteroatoms. The van der Waals surface area contributed by atoms with E-state index in [2.05, 4.69) is 42.4 Å². The maximum atomic E-state index is 10.6. The van der Waals surface area contributed by atoms with E-state index >= 15 is 0 Å². The van der Waals surface area contributed by atoms with Gasteiger partial charge in [0.05, 0.1) is 39.3 Å². The zero-order valence-electron chi connectivity index (χ0n) is 13.5. The number of halogens is 2. The van der Waals surface area contributed by atoms with E-state index < -0.39 is 13.6 Å². The third-order valence-corrected chi connectivity index (χ3v) is 4.30. The number of nitrogens with one attached hydrogen (secondary N) is 1. The van der Waals surface area contributed by atoms with Gasteiger partial charge in [0, 0.05) is 15.7 Å². The second-order valence-electron chi connectivity index (χ2n) is 6.30. The van der Waals surface area contributed by atoms with E-state index in [1.807, 2.05) is 6.07 Å². The van der Waals surface area contributed by atoms with Crippen molar-refractivity contribution >= 4 is 41.0 Å². The van der Waals surface area contributed by atoms with Gasteiger partial charge in [-0.05, 0) is 28.1 Å². The van der Waals surface area contributed by atoms with Crippen molar-refractivity contribution in [1.82, 2.24) is 0 Å². The SMILES string of the molecule is C[N+](C)(C)CCOC1(O)CNc2cc(Cl)c(Br)cc21.O=P([O-])(O)O. The summed E-state index contributed by atoms with van der Waals surface area (Å²) >= 11 is 9.41. The number of likely N-dealkylation sites (N-methyl/N-ethyl adjacent to an activating group) is 1. The lowest BCUT2D eigenvalue weighted by Gasteiger charge is -2.28. The van der Waals surface area contributed by atoms with Crippen LogP contribution < -0.4 is 10.2 Å². The first-order valence-electron chi connectivity index (χ1n) is 6.88. The maximum Gasteiger partial charge on any atom is 0.262 e. The fraction of sp³-hybridized carbons (Fsp3) is 0.538. The summed E-state index contributed by atoms with van der Waals surface area (Å²) in [4.78, 5) is 22.9. The monoisotopic (exact) mass is 446 g/mol. The molecule has 1 atom stereocenters. The highest BCUT2D eigenvalue weighted by atomic mass is 79.9. The molecule has 0 aromatic heterocycles. The highest BCUT2D eigenvalue weighted by molar-refractivity contribution is 9.10. The van der Waals surface area contributed by atoms with E-state index in [-0.39, 0.29) is 0 Å². The molecule has 0 aliphatic carbocycles. The summed E-state index contributed by atoms with van der Waals surface area (Å²) in [7, 11) is 1.37. The van der Waals surface area contributed by atoms with Crippen molar-refractivity contribution in [3.05, 3.63) is 27.2 Å². The van der Waals surface area contributed by atoms with Crippen molar-refractivity contribution < 1.29 is 33.6 Å². The van der Waals surface area contributed by atoms with Gasteiger partial charge in [0.1, 0.15) is 6.54 Å². The van der Waals surface area contributed by atoms with Crippen molar-refractivity contribution in [1.29, 1.82) is 0 Å². The van der Waals surface area contributed by atoms with E-state index in [1.165, 1.54) is 0 Å². The van der Waals surface area contributed by atoms with Crippen LogP contribution >= 0.6 is 35.4 Å². The Bertz CT molecular complexity index is 627. The van der Waals surface area contributed by atoms with Gasteiger partial charge in [-0.3, -0.25) is 4.57 Å². The van der Waals surface area contributed by atoms with Crippen LogP contribution in [0, 0.1) is 0 Å². The van der Waals surface area contributed by atoms with Crippen LogP contribution in [0.25, 0.3) is 0 Å². The molecule has 0 saturated heterocycles. The molecule has 8 nitrogen and oxygen atoms in total. The molecule has 1 unspecified atom stereocenters. The number of phosphoric acid groups is 1.